The number of hydrogen-bond donors (Lipinski definition) is 0. The van der Waals surface area contributed by atoms with Crippen molar-refractivity contribution in [3.63, 3.8) is 0 Å². The van der Waals surface area contributed by atoms with Gasteiger partial charge in [-0.25, -0.2) is 0 Å². The maximum absolute atomic E-state index is 14.4. The summed E-state index contributed by atoms with van der Waals surface area (Å²) in [6.45, 7) is 8.71. The highest BCUT2D eigenvalue weighted by Gasteiger charge is 2.44. The van der Waals surface area contributed by atoms with Gasteiger partial charge >= 0.3 is 6.18 Å². The summed E-state index contributed by atoms with van der Waals surface area (Å²) in [5, 5.41) is 4.07. The first kappa shape index (κ1) is 29.2. The fraction of sp³-hybridized carbons (Fsp3) is 0.538. The molecule has 0 saturated heterocycles. The molecule has 2 atom stereocenters. The lowest BCUT2D eigenvalue weighted by Crippen LogP contribution is -2.42. The topological polar surface area (TPSA) is 68.1 Å². The van der Waals surface area contributed by atoms with Crippen molar-refractivity contribution >= 4 is 34.9 Å². The second kappa shape index (κ2) is 11.6. The molecular weight excluding hydrogens is 528 g/mol. The van der Waals surface area contributed by atoms with Crippen LogP contribution in [0.2, 0.25) is 10.0 Å². The molecular formula is C26H31Cl2F3N4O2. The average Bonchev–Trinajstić information content (AvgIpc) is 3.23. The van der Waals surface area contributed by atoms with E-state index < -0.39 is 47.1 Å². The van der Waals surface area contributed by atoms with Gasteiger partial charge in [0.15, 0.2) is 11.5 Å². The fourth-order valence-corrected chi connectivity index (χ4v) is 5.50. The Morgan fingerprint density at radius 3 is 2.32 bits per heavy atom. The quantitative estimate of drug-likeness (QED) is 0.252. The van der Waals surface area contributed by atoms with Gasteiger partial charge in [0.1, 0.15) is 0 Å². The number of pyridine rings is 1. The van der Waals surface area contributed by atoms with Crippen LogP contribution in [0.4, 0.5) is 13.2 Å². The molecule has 0 unspecified atom stereocenters. The summed E-state index contributed by atoms with van der Waals surface area (Å²) in [5.41, 5.74) is -2.23. The Kier molecular flexibility index (Phi) is 9.11. The summed E-state index contributed by atoms with van der Waals surface area (Å²) >= 11 is 12.2. The normalized spacial score (nSPS) is 18.5. The third kappa shape index (κ3) is 6.93. The van der Waals surface area contributed by atoms with E-state index in [4.69, 9.17) is 23.2 Å². The number of alkyl halides is 3. The predicted molar refractivity (Wildman–Crippen MR) is 137 cm³/mol. The van der Waals surface area contributed by atoms with E-state index in [1.165, 1.54) is 12.4 Å². The zero-order chi connectivity index (χ0) is 27.5. The molecule has 1 aliphatic rings. The van der Waals surface area contributed by atoms with E-state index in [9.17, 15) is 22.8 Å². The van der Waals surface area contributed by atoms with Gasteiger partial charge in [0.05, 0.1) is 40.0 Å². The molecule has 3 rings (SSSR count). The monoisotopic (exact) mass is 558 g/mol. The Morgan fingerprint density at radius 2 is 1.76 bits per heavy atom. The highest BCUT2D eigenvalue weighted by Crippen LogP contribution is 2.41. The molecule has 0 N–H and O–H groups in total. The summed E-state index contributed by atoms with van der Waals surface area (Å²) in [4.78, 5) is 31.7. The molecule has 0 spiro atoms. The average molecular weight is 559 g/mol. The van der Waals surface area contributed by atoms with Gasteiger partial charge in [-0.3, -0.25) is 19.3 Å². The summed E-state index contributed by atoms with van der Waals surface area (Å²) in [7, 11) is 0. The van der Waals surface area contributed by atoms with Crippen LogP contribution in [-0.4, -0.2) is 44.4 Å². The Balaban J connectivity index is 2.04. The Hall–Kier alpha value is -2.39. The standard InChI is InChI=1S/C26H31Cl2F3N4O2/c1-5-8-16-9-6-7-10-20(16)35-23(26(29,30)31)17(11-33-35)24(37)34(15-25(2,3)4)14-21(36)22-18(27)12-32-13-19(22)28/h5,11-13,16,20H,1,6-10,14-15H2,2-4H3/t16-,20+/m1/s1. The lowest BCUT2D eigenvalue weighted by atomic mass is 9.82. The summed E-state index contributed by atoms with van der Waals surface area (Å²) in [6, 6.07) is -0.503. The number of aromatic nitrogens is 3. The molecule has 37 heavy (non-hydrogen) atoms. The van der Waals surface area contributed by atoms with Gasteiger partial charge in [0, 0.05) is 18.9 Å². The summed E-state index contributed by atoms with van der Waals surface area (Å²) < 4.78 is 44.3. The zero-order valence-corrected chi connectivity index (χ0v) is 22.6. The second-order valence-corrected chi connectivity index (χ2v) is 11.4. The molecule has 202 valence electrons. The smallest absolute Gasteiger partial charge is 0.330 e. The number of carbonyl (C=O) groups excluding carboxylic acids is 2. The number of rotatable bonds is 8. The minimum absolute atomic E-state index is 0.00461. The summed E-state index contributed by atoms with van der Waals surface area (Å²) in [5.74, 6) is -1.59. The van der Waals surface area contributed by atoms with E-state index in [1.54, 1.807) is 6.08 Å². The van der Waals surface area contributed by atoms with Crippen molar-refractivity contribution in [2.45, 2.75) is 65.1 Å². The van der Waals surface area contributed by atoms with Crippen molar-refractivity contribution in [1.82, 2.24) is 19.7 Å². The number of halogens is 5. The molecule has 1 aliphatic carbocycles. The molecule has 0 radical (unpaired) electrons. The number of Topliss-reactive ketones (excluding diaryl/α,β-unsaturated/α-hetero) is 1. The van der Waals surface area contributed by atoms with Gasteiger partial charge < -0.3 is 4.90 Å². The van der Waals surface area contributed by atoms with Crippen LogP contribution >= 0.6 is 23.2 Å². The first-order valence-corrected chi connectivity index (χ1v) is 12.9. The molecule has 2 heterocycles. The van der Waals surface area contributed by atoms with Gasteiger partial charge in [-0.05, 0) is 30.6 Å². The molecule has 0 bridgehead atoms. The highest BCUT2D eigenvalue weighted by atomic mass is 35.5. The molecule has 1 saturated carbocycles. The van der Waals surface area contributed by atoms with Gasteiger partial charge in [-0.2, -0.15) is 18.3 Å². The lowest BCUT2D eigenvalue weighted by Gasteiger charge is -2.33. The van der Waals surface area contributed by atoms with Crippen LogP contribution in [-0.2, 0) is 6.18 Å². The van der Waals surface area contributed by atoms with Gasteiger partial charge in [0.25, 0.3) is 5.91 Å². The van der Waals surface area contributed by atoms with Crippen LogP contribution in [0.25, 0.3) is 0 Å². The van der Waals surface area contributed by atoms with Gasteiger partial charge in [-0.1, -0.05) is 62.9 Å². The van der Waals surface area contributed by atoms with Crippen LogP contribution in [0.5, 0.6) is 0 Å². The van der Waals surface area contributed by atoms with E-state index in [1.807, 2.05) is 20.8 Å². The molecule has 0 aliphatic heterocycles. The zero-order valence-electron chi connectivity index (χ0n) is 21.1. The molecule has 0 aromatic carbocycles. The fourth-order valence-electron chi connectivity index (χ4n) is 4.92. The van der Waals surface area contributed by atoms with Gasteiger partial charge in [0.2, 0.25) is 0 Å². The molecule has 2 aromatic rings. The second-order valence-electron chi connectivity index (χ2n) is 10.6. The van der Waals surface area contributed by atoms with Gasteiger partial charge in [-0.15, -0.1) is 6.58 Å². The number of nitrogens with zero attached hydrogens (tertiary/aromatic N) is 4. The van der Waals surface area contributed by atoms with Crippen molar-refractivity contribution in [2.24, 2.45) is 11.3 Å². The van der Waals surface area contributed by atoms with Crippen molar-refractivity contribution in [2.75, 3.05) is 13.1 Å². The number of amides is 1. The van der Waals surface area contributed by atoms with Crippen LogP contribution < -0.4 is 0 Å². The number of carbonyl (C=O) groups is 2. The molecule has 6 nitrogen and oxygen atoms in total. The van der Waals surface area contributed by atoms with Crippen molar-refractivity contribution in [3.8, 4) is 0 Å². The molecule has 2 aromatic heterocycles. The third-order valence-electron chi connectivity index (χ3n) is 6.37. The largest absolute Gasteiger partial charge is 0.433 e. The van der Waals surface area contributed by atoms with Crippen molar-refractivity contribution in [1.29, 1.82) is 0 Å². The van der Waals surface area contributed by atoms with E-state index in [2.05, 4.69) is 16.7 Å². The highest BCUT2D eigenvalue weighted by molar-refractivity contribution is 6.39. The molecule has 1 amide bonds. The first-order chi connectivity index (χ1) is 17.2. The molecule has 11 heteroatoms. The molecule has 1 fully saturated rings. The summed E-state index contributed by atoms with van der Waals surface area (Å²) in [6.07, 6.45) is 3.88. The lowest BCUT2D eigenvalue weighted by molar-refractivity contribution is -0.146. The SMILES string of the molecule is C=CC[C@@H]1CCCC[C@@H]1n1ncc(C(=O)N(CC(=O)c2c(Cl)cncc2Cl)CC(C)(C)C)c1C(F)(F)F. The van der Waals surface area contributed by atoms with E-state index in [0.717, 1.165) is 35.0 Å². The first-order valence-electron chi connectivity index (χ1n) is 12.1. The van der Waals surface area contributed by atoms with E-state index in [-0.39, 0.29) is 28.1 Å². The minimum atomic E-state index is -4.83. The van der Waals surface area contributed by atoms with E-state index in [0.29, 0.717) is 12.8 Å². The number of ketones is 1. The maximum Gasteiger partial charge on any atom is 0.433 e. The predicted octanol–water partition coefficient (Wildman–Crippen LogP) is 7.28. The van der Waals surface area contributed by atoms with Crippen molar-refractivity contribution < 1.29 is 22.8 Å². The minimum Gasteiger partial charge on any atom is -0.330 e. The van der Waals surface area contributed by atoms with Crippen LogP contribution in [0.1, 0.15) is 85.3 Å². The Morgan fingerprint density at radius 1 is 1.14 bits per heavy atom. The van der Waals surface area contributed by atoms with Crippen LogP contribution in [0, 0.1) is 11.3 Å². The van der Waals surface area contributed by atoms with Crippen LogP contribution in [0.3, 0.4) is 0 Å². The maximum atomic E-state index is 14.4. The van der Waals surface area contributed by atoms with Crippen molar-refractivity contribution in [3.05, 3.63) is 58.1 Å². The number of hydrogen-bond acceptors (Lipinski definition) is 4. The van der Waals surface area contributed by atoms with Crippen LogP contribution in [0.15, 0.2) is 31.2 Å². The third-order valence-corrected chi connectivity index (χ3v) is 6.94. The Labute approximate surface area is 224 Å². The number of allylic oxidation sites excluding steroid dienone is 1. The Bertz CT molecular complexity index is 1140. The van der Waals surface area contributed by atoms with E-state index >= 15 is 0 Å².